The largest absolute Gasteiger partial charge is 0.367 e. The van der Waals surface area contributed by atoms with E-state index >= 15 is 0 Å². The van der Waals surface area contributed by atoms with Gasteiger partial charge < -0.3 is 5.32 Å². The number of fused-ring (bicyclic) bond motifs is 1. The molecule has 1 saturated carbocycles. The van der Waals surface area contributed by atoms with Crippen LogP contribution in [0.1, 0.15) is 24.3 Å². The smallest absolute Gasteiger partial charge is 0.163 e. The highest BCUT2D eigenvalue weighted by atomic mass is 35.5. The van der Waals surface area contributed by atoms with Gasteiger partial charge in [0.2, 0.25) is 0 Å². The van der Waals surface area contributed by atoms with E-state index in [0.717, 1.165) is 34.7 Å². The minimum absolute atomic E-state index is 0.416. The molecule has 0 saturated heterocycles. The summed E-state index contributed by atoms with van der Waals surface area (Å²) in [7, 11) is 1.88. The quantitative estimate of drug-likeness (QED) is 0.805. The molecular formula is C16H16ClN5. The number of benzene rings is 1. The van der Waals surface area contributed by atoms with Gasteiger partial charge in [0.25, 0.3) is 0 Å². The number of aromatic nitrogens is 4. The van der Waals surface area contributed by atoms with Gasteiger partial charge in [0, 0.05) is 18.1 Å². The number of halogens is 1. The van der Waals surface area contributed by atoms with Gasteiger partial charge in [-0.15, -0.1) is 0 Å². The van der Waals surface area contributed by atoms with Crippen LogP contribution in [-0.2, 0) is 7.05 Å². The number of rotatable bonds is 3. The van der Waals surface area contributed by atoms with Gasteiger partial charge in [-0.1, -0.05) is 29.8 Å². The maximum Gasteiger partial charge on any atom is 0.163 e. The van der Waals surface area contributed by atoms with Crippen molar-refractivity contribution in [3.8, 4) is 0 Å². The average molecular weight is 314 g/mol. The standard InChI is InChI=1S/C16H16ClN5/c1-22-16-13(8-20-22)15(18-9-19-16)21-11-6-10(7-11)12-4-2-3-5-14(12)17/h2-5,8-11H,6-7H2,1H3,(H,18,19,21). The first-order valence-electron chi connectivity index (χ1n) is 7.36. The SMILES string of the molecule is Cn1ncc2c(NC3CC(c4ccccc4Cl)C3)ncnc21. The van der Waals surface area contributed by atoms with Crippen LogP contribution in [0.5, 0.6) is 0 Å². The lowest BCUT2D eigenvalue weighted by atomic mass is 9.76. The second kappa shape index (κ2) is 5.25. The van der Waals surface area contributed by atoms with Gasteiger partial charge in [0.1, 0.15) is 12.1 Å². The van der Waals surface area contributed by atoms with E-state index in [1.165, 1.54) is 5.56 Å². The zero-order valence-corrected chi connectivity index (χ0v) is 13.0. The van der Waals surface area contributed by atoms with Crippen molar-refractivity contribution >= 4 is 28.5 Å². The van der Waals surface area contributed by atoms with E-state index in [4.69, 9.17) is 11.6 Å². The predicted molar refractivity (Wildman–Crippen MR) is 87.1 cm³/mol. The van der Waals surface area contributed by atoms with Gasteiger partial charge >= 0.3 is 0 Å². The van der Waals surface area contributed by atoms with Crippen LogP contribution < -0.4 is 5.32 Å². The monoisotopic (exact) mass is 313 g/mol. The first kappa shape index (κ1) is 13.5. The molecule has 2 heterocycles. The summed E-state index contributed by atoms with van der Waals surface area (Å²) in [4.78, 5) is 8.61. The van der Waals surface area contributed by atoms with Crippen LogP contribution in [-0.4, -0.2) is 25.8 Å². The molecule has 0 radical (unpaired) electrons. The maximum atomic E-state index is 6.27. The van der Waals surface area contributed by atoms with E-state index in [9.17, 15) is 0 Å². The fourth-order valence-corrected chi connectivity index (χ4v) is 3.36. The molecule has 1 N–H and O–H groups in total. The van der Waals surface area contributed by atoms with E-state index in [-0.39, 0.29) is 0 Å². The van der Waals surface area contributed by atoms with Crippen molar-refractivity contribution in [2.24, 2.45) is 7.05 Å². The zero-order chi connectivity index (χ0) is 15.1. The molecule has 3 aromatic rings. The van der Waals surface area contributed by atoms with Gasteiger partial charge in [0.05, 0.1) is 11.6 Å². The van der Waals surface area contributed by atoms with Crippen LogP contribution in [0.2, 0.25) is 5.02 Å². The molecule has 5 nitrogen and oxygen atoms in total. The molecule has 2 aromatic heterocycles. The van der Waals surface area contributed by atoms with Gasteiger partial charge in [-0.2, -0.15) is 5.10 Å². The second-order valence-electron chi connectivity index (χ2n) is 5.76. The van der Waals surface area contributed by atoms with Gasteiger partial charge in [-0.3, -0.25) is 4.68 Å². The molecule has 112 valence electrons. The Hall–Kier alpha value is -2.14. The van der Waals surface area contributed by atoms with E-state index in [2.05, 4.69) is 26.4 Å². The first-order chi connectivity index (χ1) is 10.7. The number of hydrogen-bond acceptors (Lipinski definition) is 4. The molecule has 0 bridgehead atoms. The van der Waals surface area contributed by atoms with E-state index < -0.39 is 0 Å². The summed E-state index contributed by atoms with van der Waals surface area (Å²) in [5.74, 6) is 1.39. The summed E-state index contributed by atoms with van der Waals surface area (Å²) in [5, 5.41) is 9.57. The highest BCUT2D eigenvalue weighted by Gasteiger charge is 2.32. The van der Waals surface area contributed by atoms with E-state index in [1.807, 2.05) is 31.4 Å². The highest BCUT2D eigenvalue weighted by molar-refractivity contribution is 6.31. The molecule has 22 heavy (non-hydrogen) atoms. The molecule has 0 atom stereocenters. The molecule has 1 aliphatic rings. The number of aryl methyl sites for hydroxylation is 1. The fraction of sp³-hybridized carbons (Fsp3) is 0.312. The van der Waals surface area contributed by atoms with Gasteiger partial charge in [-0.25, -0.2) is 9.97 Å². The number of anilines is 1. The molecule has 6 heteroatoms. The molecule has 0 spiro atoms. The zero-order valence-electron chi connectivity index (χ0n) is 12.2. The van der Waals surface area contributed by atoms with Crippen molar-refractivity contribution in [3.05, 3.63) is 47.4 Å². The number of nitrogens with zero attached hydrogens (tertiary/aromatic N) is 4. The third-order valence-electron chi connectivity index (χ3n) is 4.35. The minimum Gasteiger partial charge on any atom is -0.367 e. The van der Waals surface area contributed by atoms with Gasteiger partial charge in [0.15, 0.2) is 5.65 Å². The topological polar surface area (TPSA) is 55.6 Å². The van der Waals surface area contributed by atoms with Crippen molar-refractivity contribution in [2.45, 2.75) is 24.8 Å². The van der Waals surface area contributed by atoms with Crippen LogP contribution in [0, 0.1) is 0 Å². The Kier molecular flexibility index (Phi) is 3.22. The van der Waals surface area contributed by atoms with Crippen molar-refractivity contribution < 1.29 is 0 Å². The molecule has 1 fully saturated rings. The first-order valence-corrected chi connectivity index (χ1v) is 7.74. The third-order valence-corrected chi connectivity index (χ3v) is 4.70. The molecule has 0 aliphatic heterocycles. The Morgan fingerprint density at radius 3 is 2.86 bits per heavy atom. The minimum atomic E-state index is 0.416. The maximum absolute atomic E-state index is 6.27. The summed E-state index contributed by atoms with van der Waals surface area (Å²) in [6, 6.07) is 8.51. The van der Waals surface area contributed by atoms with Crippen LogP contribution in [0.15, 0.2) is 36.8 Å². The summed E-state index contributed by atoms with van der Waals surface area (Å²) in [5.41, 5.74) is 2.09. The van der Waals surface area contributed by atoms with Crippen LogP contribution in [0.3, 0.4) is 0 Å². The summed E-state index contributed by atoms with van der Waals surface area (Å²) in [6.07, 6.45) is 5.52. The summed E-state index contributed by atoms with van der Waals surface area (Å²) < 4.78 is 1.76. The van der Waals surface area contributed by atoms with Crippen molar-refractivity contribution in [1.29, 1.82) is 0 Å². The van der Waals surface area contributed by atoms with Crippen molar-refractivity contribution in [3.63, 3.8) is 0 Å². The average Bonchev–Trinajstić information content (AvgIpc) is 2.86. The van der Waals surface area contributed by atoms with E-state index in [0.29, 0.717) is 12.0 Å². The lowest BCUT2D eigenvalue weighted by Crippen LogP contribution is -2.34. The molecule has 4 rings (SSSR count). The normalized spacial score (nSPS) is 20.8. The Morgan fingerprint density at radius 1 is 1.23 bits per heavy atom. The summed E-state index contributed by atoms with van der Waals surface area (Å²) >= 11 is 6.27. The second-order valence-corrected chi connectivity index (χ2v) is 6.17. The Balaban J connectivity index is 1.49. The predicted octanol–water partition coefficient (Wildman–Crippen LogP) is 3.37. The molecule has 1 aliphatic carbocycles. The van der Waals surface area contributed by atoms with E-state index in [1.54, 1.807) is 11.0 Å². The Bertz CT molecular complexity index is 822. The number of hydrogen-bond donors (Lipinski definition) is 1. The van der Waals surface area contributed by atoms with Crippen LogP contribution >= 0.6 is 11.6 Å². The lowest BCUT2D eigenvalue weighted by Gasteiger charge is -2.37. The Labute approximate surface area is 133 Å². The molecule has 1 aromatic carbocycles. The number of nitrogens with one attached hydrogen (secondary N) is 1. The van der Waals surface area contributed by atoms with Crippen molar-refractivity contribution in [2.75, 3.05) is 5.32 Å². The molecule has 0 unspecified atom stereocenters. The summed E-state index contributed by atoms with van der Waals surface area (Å²) in [6.45, 7) is 0. The lowest BCUT2D eigenvalue weighted by molar-refractivity contribution is 0.374. The van der Waals surface area contributed by atoms with Gasteiger partial charge in [-0.05, 0) is 30.4 Å². The molecular weight excluding hydrogens is 298 g/mol. The third kappa shape index (κ3) is 2.22. The van der Waals surface area contributed by atoms with Crippen LogP contribution in [0.25, 0.3) is 11.0 Å². The van der Waals surface area contributed by atoms with Crippen LogP contribution in [0.4, 0.5) is 5.82 Å². The fourth-order valence-electron chi connectivity index (χ4n) is 3.07. The molecule has 0 amide bonds. The highest BCUT2D eigenvalue weighted by Crippen LogP contribution is 2.41. The Morgan fingerprint density at radius 2 is 2.05 bits per heavy atom. The van der Waals surface area contributed by atoms with Crippen molar-refractivity contribution in [1.82, 2.24) is 19.7 Å².